The summed E-state index contributed by atoms with van der Waals surface area (Å²) in [5.74, 6) is -0.948. The quantitative estimate of drug-likeness (QED) is 0.499. The Kier molecular flexibility index (Phi) is 6.41. The molecule has 1 aromatic heterocycles. The summed E-state index contributed by atoms with van der Waals surface area (Å²) in [6.45, 7) is -0.0737. The molecule has 1 heterocycles. The second kappa shape index (κ2) is 8.97. The third-order valence-electron chi connectivity index (χ3n) is 3.80. The number of aromatic carboxylic acids is 1. The minimum Gasteiger partial charge on any atom is -0.504 e. The van der Waals surface area contributed by atoms with Gasteiger partial charge in [-0.3, -0.25) is 0 Å². The van der Waals surface area contributed by atoms with E-state index >= 15 is 0 Å². The third kappa shape index (κ3) is 4.39. The molecule has 0 atom stereocenters. The summed E-state index contributed by atoms with van der Waals surface area (Å²) in [6.07, 6.45) is 0. The molecule has 0 fully saturated rings. The molecule has 6 nitrogen and oxygen atoms in total. The Morgan fingerprint density at radius 2 is 1.86 bits per heavy atom. The molecule has 8 heteroatoms. The minimum absolute atomic E-state index is 0.0167. The number of rotatable bonds is 8. The van der Waals surface area contributed by atoms with Crippen molar-refractivity contribution < 1.29 is 29.6 Å². The fraction of sp³-hybridized carbons (Fsp3) is 0.150. The Morgan fingerprint density at radius 3 is 2.54 bits per heavy atom. The van der Waals surface area contributed by atoms with Gasteiger partial charge in [0.05, 0.1) is 11.5 Å². The van der Waals surface area contributed by atoms with E-state index in [9.17, 15) is 15.0 Å². The molecule has 0 aliphatic rings. The Balaban J connectivity index is 1.92. The van der Waals surface area contributed by atoms with E-state index in [1.54, 1.807) is 12.1 Å². The average molecular weight is 421 g/mol. The molecule has 0 spiro atoms. The highest BCUT2D eigenvalue weighted by atomic mass is 35.5. The first-order chi connectivity index (χ1) is 13.5. The number of phenols is 1. The minimum atomic E-state index is -1.18. The lowest BCUT2D eigenvalue weighted by Crippen LogP contribution is -2.04. The molecule has 0 aliphatic carbocycles. The van der Waals surface area contributed by atoms with Gasteiger partial charge in [-0.25, -0.2) is 4.79 Å². The van der Waals surface area contributed by atoms with Crippen LogP contribution in [0.2, 0.25) is 5.02 Å². The van der Waals surface area contributed by atoms with Crippen LogP contribution in [0.1, 0.15) is 15.2 Å². The molecule has 0 amide bonds. The summed E-state index contributed by atoms with van der Waals surface area (Å²) >= 11 is 7.30. The van der Waals surface area contributed by atoms with Crippen LogP contribution in [-0.4, -0.2) is 34.5 Å². The van der Waals surface area contributed by atoms with E-state index in [4.69, 9.17) is 26.2 Å². The van der Waals surface area contributed by atoms with Crippen molar-refractivity contribution in [2.75, 3.05) is 13.2 Å². The highest BCUT2D eigenvalue weighted by Gasteiger charge is 2.24. The zero-order valence-electron chi connectivity index (χ0n) is 14.6. The van der Waals surface area contributed by atoms with Crippen LogP contribution in [-0.2, 0) is 6.61 Å². The third-order valence-corrected chi connectivity index (χ3v) is 5.48. The molecule has 0 unspecified atom stereocenters. The smallest absolute Gasteiger partial charge is 0.349 e. The second-order valence-corrected chi connectivity index (χ2v) is 7.14. The molecule has 0 aliphatic heterocycles. The zero-order chi connectivity index (χ0) is 20.1. The first kappa shape index (κ1) is 20.0. The number of benzene rings is 2. The van der Waals surface area contributed by atoms with Crippen molar-refractivity contribution in [3.63, 3.8) is 0 Å². The van der Waals surface area contributed by atoms with E-state index in [0.29, 0.717) is 10.4 Å². The van der Waals surface area contributed by atoms with Crippen LogP contribution in [0.5, 0.6) is 17.2 Å². The van der Waals surface area contributed by atoms with Crippen molar-refractivity contribution >= 4 is 28.9 Å². The summed E-state index contributed by atoms with van der Waals surface area (Å²) in [4.78, 5) is 11.9. The molecule has 0 saturated carbocycles. The molecule has 0 radical (unpaired) electrons. The number of hydrogen-bond donors (Lipinski definition) is 3. The van der Waals surface area contributed by atoms with Gasteiger partial charge in [0.1, 0.15) is 18.2 Å². The molecule has 3 rings (SSSR count). The van der Waals surface area contributed by atoms with Gasteiger partial charge < -0.3 is 24.8 Å². The van der Waals surface area contributed by atoms with Crippen LogP contribution >= 0.6 is 22.9 Å². The summed E-state index contributed by atoms with van der Waals surface area (Å²) < 4.78 is 11.0. The maximum atomic E-state index is 11.5. The molecule has 28 heavy (non-hydrogen) atoms. The standard InChI is InChI=1S/C20H17ClO6S/c21-16-17(26-9-8-22)19(20(24)25)28-18(16)13-6-7-14(23)15(10-13)27-11-12-4-2-1-3-5-12/h1-7,10,22-23H,8-9,11H2,(H,24,25). The number of carbonyl (C=O) groups is 1. The monoisotopic (exact) mass is 420 g/mol. The largest absolute Gasteiger partial charge is 0.504 e. The fourth-order valence-electron chi connectivity index (χ4n) is 2.51. The van der Waals surface area contributed by atoms with Gasteiger partial charge in [0.15, 0.2) is 22.1 Å². The van der Waals surface area contributed by atoms with Crippen molar-refractivity contribution in [3.05, 3.63) is 64.0 Å². The Labute approximate surface area is 170 Å². The van der Waals surface area contributed by atoms with Gasteiger partial charge in [0, 0.05) is 0 Å². The van der Waals surface area contributed by atoms with E-state index in [-0.39, 0.29) is 47.0 Å². The number of aliphatic hydroxyl groups is 1. The molecular formula is C20H17ClO6S. The normalized spacial score (nSPS) is 10.6. The number of carboxylic acids is 1. The molecule has 0 bridgehead atoms. The van der Waals surface area contributed by atoms with E-state index < -0.39 is 5.97 Å². The summed E-state index contributed by atoms with van der Waals surface area (Å²) in [7, 11) is 0. The van der Waals surface area contributed by atoms with Crippen LogP contribution in [0.4, 0.5) is 0 Å². The highest BCUT2D eigenvalue weighted by Crippen LogP contribution is 2.46. The maximum Gasteiger partial charge on any atom is 0.349 e. The van der Waals surface area contributed by atoms with Crippen LogP contribution in [0.25, 0.3) is 10.4 Å². The van der Waals surface area contributed by atoms with Crippen molar-refractivity contribution in [2.45, 2.75) is 6.61 Å². The Bertz CT molecular complexity index is 970. The Morgan fingerprint density at radius 1 is 1.11 bits per heavy atom. The first-order valence-corrected chi connectivity index (χ1v) is 9.50. The second-order valence-electron chi connectivity index (χ2n) is 5.74. The molecule has 0 saturated heterocycles. The Hall–Kier alpha value is -2.74. The van der Waals surface area contributed by atoms with Crippen molar-refractivity contribution in [1.82, 2.24) is 0 Å². The predicted octanol–water partition coefficient (Wildman–Crippen LogP) is 4.42. The molecule has 2 aromatic carbocycles. The molecule has 3 N–H and O–H groups in total. The fourth-order valence-corrected chi connectivity index (χ4v) is 3.91. The van der Waals surface area contributed by atoms with Crippen molar-refractivity contribution in [2.24, 2.45) is 0 Å². The van der Waals surface area contributed by atoms with Gasteiger partial charge in [-0.15, -0.1) is 11.3 Å². The van der Waals surface area contributed by atoms with Crippen LogP contribution in [0.3, 0.4) is 0 Å². The summed E-state index contributed by atoms with van der Waals surface area (Å²) in [5, 5.41) is 28.6. The van der Waals surface area contributed by atoms with Crippen molar-refractivity contribution in [3.8, 4) is 27.7 Å². The SMILES string of the molecule is O=C(O)c1sc(-c2ccc(O)c(OCc3ccccc3)c2)c(Cl)c1OCCO. The number of aliphatic hydroxyl groups excluding tert-OH is 1. The number of aromatic hydroxyl groups is 1. The first-order valence-electron chi connectivity index (χ1n) is 8.30. The number of carboxylic acid groups (broad SMARTS) is 1. The highest BCUT2D eigenvalue weighted by molar-refractivity contribution is 7.18. The van der Waals surface area contributed by atoms with E-state index in [1.165, 1.54) is 6.07 Å². The summed E-state index contributed by atoms with van der Waals surface area (Å²) in [5.41, 5.74) is 1.52. The number of phenolic OH excluding ortho intramolecular Hbond substituents is 1. The van der Waals surface area contributed by atoms with Gasteiger partial charge in [-0.2, -0.15) is 0 Å². The summed E-state index contributed by atoms with van der Waals surface area (Å²) in [6, 6.07) is 14.2. The van der Waals surface area contributed by atoms with Crippen LogP contribution in [0.15, 0.2) is 48.5 Å². The van der Waals surface area contributed by atoms with Gasteiger partial charge in [0.2, 0.25) is 0 Å². The van der Waals surface area contributed by atoms with Crippen molar-refractivity contribution in [1.29, 1.82) is 0 Å². The predicted molar refractivity (Wildman–Crippen MR) is 107 cm³/mol. The average Bonchev–Trinajstić information content (AvgIpc) is 3.03. The van der Waals surface area contributed by atoms with Gasteiger partial charge in [0.25, 0.3) is 0 Å². The van der Waals surface area contributed by atoms with Crippen LogP contribution in [0, 0.1) is 0 Å². The zero-order valence-corrected chi connectivity index (χ0v) is 16.2. The molecular weight excluding hydrogens is 404 g/mol. The lowest BCUT2D eigenvalue weighted by atomic mass is 10.1. The van der Waals surface area contributed by atoms with E-state index in [0.717, 1.165) is 16.9 Å². The van der Waals surface area contributed by atoms with E-state index in [1.807, 2.05) is 30.3 Å². The van der Waals surface area contributed by atoms with Gasteiger partial charge in [-0.05, 0) is 29.3 Å². The molecule has 3 aromatic rings. The molecule has 146 valence electrons. The maximum absolute atomic E-state index is 11.5. The van der Waals surface area contributed by atoms with Gasteiger partial charge in [-0.1, -0.05) is 41.9 Å². The lowest BCUT2D eigenvalue weighted by Gasteiger charge is -2.10. The van der Waals surface area contributed by atoms with Gasteiger partial charge >= 0.3 is 5.97 Å². The lowest BCUT2D eigenvalue weighted by molar-refractivity contribution is 0.0696. The topological polar surface area (TPSA) is 96.2 Å². The number of ether oxygens (including phenoxy) is 2. The number of hydrogen-bond acceptors (Lipinski definition) is 6. The van der Waals surface area contributed by atoms with Crippen LogP contribution < -0.4 is 9.47 Å². The number of thiophene rings is 1. The number of halogens is 1. The van der Waals surface area contributed by atoms with E-state index in [2.05, 4.69) is 0 Å².